The second-order valence-corrected chi connectivity index (χ2v) is 1.41. The van der Waals surface area contributed by atoms with E-state index in [1.807, 2.05) is 0 Å². The molecule has 0 bridgehead atoms. The summed E-state index contributed by atoms with van der Waals surface area (Å²) in [5.41, 5.74) is 0.0394. The molecule has 0 aliphatic heterocycles. The molecule has 0 aliphatic carbocycles. The zero-order chi connectivity index (χ0) is 7.40. The van der Waals surface area contributed by atoms with Gasteiger partial charge in [0.1, 0.15) is 0 Å². The molecule has 6 nitrogen and oxygen atoms in total. The minimum absolute atomic E-state index is 0.0394. The van der Waals surface area contributed by atoms with Gasteiger partial charge in [0.05, 0.1) is 6.20 Å². The highest BCUT2D eigenvalue weighted by Crippen LogP contribution is 1.89. The molecule has 0 radical (unpaired) electrons. The van der Waals surface area contributed by atoms with Gasteiger partial charge in [-0.1, -0.05) is 0 Å². The van der Waals surface area contributed by atoms with Gasteiger partial charge in [-0.05, 0) is 11.3 Å². The smallest absolute Gasteiger partial charge is 0.368 e. The minimum Gasteiger partial charge on any atom is -0.368 e. The summed E-state index contributed by atoms with van der Waals surface area (Å²) in [6.07, 6.45) is 1.32. The van der Waals surface area contributed by atoms with Crippen LogP contribution in [0, 0.1) is 0 Å². The van der Waals surface area contributed by atoms with Crippen LogP contribution in [-0.2, 0) is 4.84 Å². The molecule has 0 saturated carbocycles. The van der Waals surface area contributed by atoms with Crippen LogP contribution in [0.4, 0.5) is 0 Å². The van der Waals surface area contributed by atoms with Crippen LogP contribution in [0.1, 0.15) is 10.5 Å². The maximum Gasteiger partial charge on any atom is 0.377 e. The fourth-order valence-corrected chi connectivity index (χ4v) is 0.410. The third-order valence-electron chi connectivity index (χ3n) is 0.819. The molecule has 6 heteroatoms. The van der Waals surface area contributed by atoms with Crippen molar-refractivity contribution in [3.8, 4) is 0 Å². The first-order valence-electron chi connectivity index (χ1n) is 2.40. The Balaban J connectivity index is 2.85. The van der Waals surface area contributed by atoms with Crippen LogP contribution >= 0.6 is 0 Å². The Morgan fingerprint density at radius 3 is 3.00 bits per heavy atom. The van der Waals surface area contributed by atoms with E-state index in [0.29, 0.717) is 0 Å². The fourth-order valence-electron chi connectivity index (χ4n) is 0.410. The summed E-state index contributed by atoms with van der Waals surface area (Å²) in [6.45, 7) is 0. The van der Waals surface area contributed by atoms with Gasteiger partial charge in [0, 0.05) is 0 Å². The second kappa shape index (κ2) is 2.83. The third-order valence-corrected chi connectivity index (χ3v) is 0.819. The molecule has 0 saturated heterocycles. The van der Waals surface area contributed by atoms with Crippen molar-refractivity contribution < 1.29 is 9.63 Å². The molecule has 52 valence electrons. The molecule has 0 spiro atoms. The van der Waals surface area contributed by atoms with Crippen LogP contribution in [0.2, 0.25) is 0 Å². The van der Waals surface area contributed by atoms with Crippen LogP contribution in [0.25, 0.3) is 0 Å². The highest BCUT2D eigenvalue weighted by atomic mass is 16.7. The molecule has 1 aromatic rings. The van der Waals surface area contributed by atoms with Crippen molar-refractivity contribution in [1.29, 1.82) is 0 Å². The van der Waals surface area contributed by atoms with Gasteiger partial charge in [-0.3, -0.25) is 0 Å². The van der Waals surface area contributed by atoms with E-state index in [-0.39, 0.29) is 5.69 Å². The van der Waals surface area contributed by atoms with Gasteiger partial charge in [0.15, 0.2) is 5.69 Å². The van der Waals surface area contributed by atoms with E-state index in [4.69, 9.17) is 0 Å². The van der Waals surface area contributed by atoms with Crippen LogP contribution in [-0.4, -0.2) is 21.4 Å². The van der Waals surface area contributed by atoms with Crippen molar-refractivity contribution in [2.75, 3.05) is 0 Å². The van der Waals surface area contributed by atoms with Gasteiger partial charge in [-0.15, -0.1) is 10.2 Å². The summed E-state index contributed by atoms with van der Waals surface area (Å²) >= 11 is 0. The number of rotatable bonds is 1. The lowest BCUT2D eigenvalue weighted by molar-refractivity contribution is 0.0494. The predicted molar refractivity (Wildman–Crippen MR) is 29.4 cm³/mol. The minimum atomic E-state index is -0.727. The average molecular weight is 140 g/mol. The van der Waals surface area contributed by atoms with E-state index >= 15 is 0 Å². The number of carbonyl (C=O) groups excluding carboxylic acids is 1. The molecule has 0 atom stereocenters. The highest BCUT2D eigenvalue weighted by Gasteiger charge is 2.05. The summed E-state index contributed by atoms with van der Waals surface area (Å²) in [4.78, 5) is 14.4. The molecule has 0 aromatic carbocycles. The Labute approximate surface area is 56.0 Å². The lowest BCUT2D eigenvalue weighted by Crippen LogP contribution is -2.12. The summed E-state index contributed by atoms with van der Waals surface area (Å²) in [7, 11) is 0. The molecule has 0 amide bonds. The van der Waals surface area contributed by atoms with Crippen LogP contribution in [0.3, 0.4) is 0 Å². The number of hydrogen-bond acceptors (Lipinski definition) is 6. The Morgan fingerprint density at radius 2 is 2.50 bits per heavy atom. The van der Waals surface area contributed by atoms with Crippen molar-refractivity contribution in [3.63, 3.8) is 0 Å². The van der Waals surface area contributed by atoms with Gasteiger partial charge in [0.25, 0.3) is 0 Å². The number of aromatic nitrogens is 3. The van der Waals surface area contributed by atoms with Crippen molar-refractivity contribution in [2.45, 2.75) is 0 Å². The summed E-state index contributed by atoms with van der Waals surface area (Å²) in [6, 6.07) is 1.35. The van der Waals surface area contributed by atoms with Gasteiger partial charge >= 0.3 is 5.97 Å². The normalized spacial score (nSPS) is 8.90. The Kier molecular flexibility index (Phi) is 1.86. The summed E-state index contributed by atoms with van der Waals surface area (Å²) < 4.78 is 0. The third kappa shape index (κ3) is 1.23. The van der Waals surface area contributed by atoms with Crippen molar-refractivity contribution in [3.05, 3.63) is 18.0 Å². The van der Waals surface area contributed by atoms with Gasteiger partial charge in [0.2, 0.25) is 0 Å². The highest BCUT2D eigenvalue weighted by molar-refractivity contribution is 5.86. The number of nitrogens with zero attached hydrogens (tertiary/aromatic N) is 3. The molecule has 2 N–H and O–H groups in total. The van der Waals surface area contributed by atoms with Crippen molar-refractivity contribution >= 4 is 5.97 Å². The van der Waals surface area contributed by atoms with Crippen LogP contribution in [0.5, 0.6) is 0 Å². The lowest BCUT2D eigenvalue weighted by atomic mass is 10.4. The first-order chi connectivity index (χ1) is 4.84. The molecule has 10 heavy (non-hydrogen) atoms. The standard InChI is InChI=1S/C4H4N4O2/c5-10-4(9)3-1-2-6-8-7-3/h1-2H,5H2. The number of hydrogen-bond donors (Lipinski definition) is 1. The van der Waals surface area contributed by atoms with E-state index in [9.17, 15) is 4.79 Å². The molecule has 1 rings (SSSR count). The molecule has 0 unspecified atom stereocenters. The molecular weight excluding hydrogens is 136 g/mol. The summed E-state index contributed by atoms with van der Waals surface area (Å²) in [5.74, 6) is 3.84. The van der Waals surface area contributed by atoms with E-state index < -0.39 is 5.97 Å². The van der Waals surface area contributed by atoms with E-state index in [2.05, 4.69) is 26.1 Å². The molecule has 0 fully saturated rings. The first kappa shape index (κ1) is 6.56. The first-order valence-corrected chi connectivity index (χ1v) is 2.40. The monoisotopic (exact) mass is 140 g/mol. The zero-order valence-electron chi connectivity index (χ0n) is 4.89. The van der Waals surface area contributed by atoms with E-state index in [1.54, 1.807) is 0 Å². The van der Waals surface area contributed by atoms with E-state index in [1.165, 1.54) is 12.3 Å². The topological polar surface area (TPSA) is 91.0 Å². The number of nitrogens with two attached hydrogens (primary N) is 1. The molecule has 1 aromatic heterocycles. The van der Waals surface area contributed by atoms with Crippen molar-refractivity contribution in [1.82, 2.24) is 15.4 Å². The van der Waals surface area contributed by atoms with Crippen molar-refractivity contribution in [2.24, 2.45) is 5.90 Å². The SMILES string of the molecule is NOC(=O)c1ccnnn1. The van der Waals surface area contributed by atoms with Crippen LogP contribution < -0.4 is 5.90 Å². The Bertz CT molecular complexity index is 224. The van der Waals surface area contributed by atoms with Crippen LogP contribution in [0.15, 0.2) is 12.3 Å². The fraction of sp³-hybridized carbons (Fsp3) is 0. The lowest BCUT2D eigenvalue weighted by Gasteiger charge is -1.91. The maximum atomic E-state index is 10.5. The zero-order valence-corrected chi connectivity index (χ0v) is 4.89. The summed E-state index contributed by atoms with van der Waals surface area (Å²) in [5, 5.41) is 9.88. The number of carbonyl (C=O) groups is 1. The van der Waals surface area contributed by atoms with Gasteiger partial charge < -0.3 is 4.84 Å². The predicted octanol–water partition coefficient (Wildman–Crippen LogP) is -1.10. The van der Waals surface area contributed by atoms with E-state index in [0.717, 1.165) is 0 Å². The Morgan fingerprint density at radius 1 is 1.70 bits per heavy atom. The molecular formula is C4H4N4O2. The van der Waals surface area contributed by atoms with Gasteiger partial charge in [-0.25, -0.2) is 4.79 Å². The maximum absolute atomic E-state index is 10.5. The largest absolute Gasteiger partial charge is 0.377 e. The molecule has 1 heterocycles. The quantitative estimate of drug-likeness (QED) is 0.498. The average Bonchev–Trinajstić information content (AvgIpc) is 2.05. The molecule has 0 aliphatic rings. The van der Waals surface area contributed by atoms with Gasteiger partial charge in [-0.2, -0.15) is 5.90 Å². The Hall–Kier alpha value is -1.56. The second-order valence-electron chi connectivity index (χ2n) is 1.41.